The third-order valence-corrected chi connectivity index (χ3v) is 5.34. The Morgan fingerprint density at radius 2 is 2.19 bits per heavy atom. The minimum absolute atomic E-state index is 0.000878. The van der Waals surface area contributed by atoms with Crippen LogP contribution in [-0.4, -0.2) is 67.6 Å². The standard InChI is InChI=1S/C19H26ClN3O3/c1-22(12-18(24)21-16-7-3-6-15(20)10-16)19(25)17-13-26-9-8-23(17)11-14-4-2-5-14/h3,6-7,10,14,17H,2,4-5,8-9,11-13H2,1H3,(H,21,24)/t17-/m1/s1. The largest absolute Gasteiger partial charge is 0.378 e. The molecule has 2 fully saturated rings. The second-order valence-electron chi connectivity index (χ2n) is 7.14. The van der Waals surface area contributed by atoms with E-state index in [0.29, 0.717) is 29.8 Å². The van der Waals surface area contributed by atoms with Gasteiger partial charge in [-0.25, -0.2) is 0 Å². The van der Waals surface area contributed by atoms with Crippen molar-refractivity contribution < 1.29 is 14.3 Å². The summed E-state index contributed by atoms with van der Waals surface area (Å²) in [6.07, 6.45) is 3.78. The van der Waals surface area contributed by atoms with Crippen LogP contribution in [0.15, 0.2) is 24.3 Å². The maximum absolute atomic E-state index is 12.8. The van der Waals surface area contributed by atoms with Gasteiger partial charge in [0.1, 0.15) is 6.04 Å². The molecule has 1 heterocycles. The highest BCUT2D eigenvalue weighted by Crippen LogP contribution is 2.28. The Hall–Kier alpha value is -1.63. The minimum atomic E-state index is -0.298. The maximum Gasteiger partial charge on any atom is 0.243 e. The van der Waals surface area contributed by atoms with Crippen LogP contribution in [-0.2, 0) is 14.3 Å². The molecular formula is C19H26ClN3O3. The van der Waals surface area contributed by atoms with Crippen molar-refractivity contribution >= 4 is 29.1 Å². The molecule has 1 saturated carbocycles. The summed E-state index contributed by atoms with van der Waals surface area (Å²) in [7, 11) is 1.66. The highest BCUT2D eigenvalue weighted by molar-refractivity contribution is 6.30. The van der Waals surface area contributed by atoms with Gasteiger partial charge in [-0.2, -0.15) is 0 Å². The normalized spacial score (nSPS) is 21.1. The molecule has 1 aliphatic heterocycles. The summed E-state index contributed by atoms with van der Waals surface area (Å²) in [6, 6.07) is 6.66. The number of rotatable bonds is 6. The molecule has 0 unspecified atom stereocenters. The summed E-state index contributed by atoms with van der Waals surface area (Å²) in [5.74, 6) is 0.385. The van der Waals surface area contributed by atoms with Gasteiger partial charge in [0.2, 0.25) is 11.8 Å². The lowest BCUT2D eigenvalue weighted by molar-refractivity contribution is -0.144. The number of anilines is 1. The van der Waals surface area contributed by atoms with E-state index in [1.165, 1.54) is 24.2 Å². The number of benzene rings is 1. The number of nitrogens with one attached hydrogen (secondary N) is 1. The van der Waals surface area contributed by atoms with Crippen molar-refractivity contribution in [1.29, 1.82) is 0 Å². The van der Waals surface area contributed by atoms with E-state index in [4.69, 9.17) is 16.3 Å². The molecule has 0 spiro atoms. The summed E-state index contributed by atoms with van der Waals surface area (Å²) in [4.78, 5) is 28.8. The van der Waals surface area contributed by atoms with Crippen LogP contribution >= 0.6 is 11.6 Å². The first-order chi connectivity index (χ1) is 12.5. The van der Waals surface area contributed by atoms with E-state index in [0.717, 1.165) is 13.1 Å². The highest BCUT2D eigenvalue weighted by atomic mass is 35.5. The number of likely N-dealkylation sites (N-methyl/N-ethyl adjacent to an activating group) is 1. The van der Waals surface area contributed by atoms with Gasteiger partial charge in [0.25, 0.3) is 0 Å². The van der Waals surface area contributed by atoms with Crippen molar-refractivity contribution in [2.24, 2.45) is 5.92 Å². The van der Waals surface area contributed by atoms with Gasteiger partial charge in [0, 0.05) is 30.8 Å². The molecule has 6 nitrogen and oxygen atoms in total. The van der Waals surface area contributed by atoms with E-state index in [1.54, 1.807) is 31.3 Å². The lowest BCUT2D eigenvalue weighted by atomic mass is 9.84. The van der Waals surface area contributed by atoms with Crippen molar-refractivity contribution in [3.05, 3.63) is 29.3 Å². The predicted molar refractivity (Wildman–Crippen MR) is 101 cm³/mol. The first-order valence-electron chi connectivity index (χ1n) is 9.15. The molecule has 7 heteroatoms. The molecule has 142 valence electrons. The van der Waals surface area contributed by atoms with Gasteiger partial charge in [0.05, 0.1) is 19.8 Å². The fourth-order valence-electron chi connectivity index (χ4n) is 3.41. The van der Waals surface area contributed by atoms with Gasteiger partial charge in [-0.1, -0.05) is 24.1 Å². The number of hydrogen-bond donors (Lipinski definition) is 1. The zero-order valence-corrected chi connectivity index (χ0v) is 15.9. The van der Waals surface area contributed by atoms with Gasteiger partial charge >= 0.3 is 0 Å². The summed E-state index contributed by atoms with van der Waals surface area (Å²) < 4.78 is 5.53. The first kappa shape index (κ1) is 19.1. The molecule has 1 atom stereocenters. The molecule has 1 aromatic carbocycles. The maximum atomic E-state index is 12.8. The van der Waals surface area contributed by atoms with Gasteiger partial charge in [-0.05, 0) is 37.0 Å². The number of amides is 2. The van der Waals surface area contributed by atoms with Crippen molar-refractivity contribution in [3.8, 4) is 0 Å². The fraction of sp³-hybridized carbons (Fsp3) is 0.579. The van der Waals surface area contributed by atoms with Crippen LogP contribution in [0.25, 0.3) is 0 Å². The Bertz CT molecular complexity index is 651. The lowest BCUT2D eigenvalue weighted by Crippen LogP contribution is -2.56. The van der Waals surface area contributed by atoms with Gasteiger partial charge in [-0.3, -0.25) is 14.5 Å². The number of hydrogen-bond acceptors (Lipinski definition) is 4. The smallest absolute Gasteiger partial charge is 0.243 e. The first-order valence-corrected chi connectivity index (χ1v) is 9.53. The highest BCUT2D eigenvalue weighted by Gasteiger charge is 2.34. The molecule has 0 bridgehead atoms. The number of ether oxygens (including phenoxy) is 1. The third kappa shape index (κ3) is 4.96. The number of morpholine rings is 1. The number of halogens is 1. The van der Waals surface area contributed by atoms with Crippen LogP contribution < -0.4 is 5.32 Å². The van der Waals surface area contributed by atoms with Crippen LogP contribution in [0.3, 0.4) is 0 Å². The van der Waals surface area contributed by atoms with Crippen molar-refractivity contribution in [1.82, 2.24) is 9.80 Å². The van der Waals surface area contributed by atoms with Crippen LogP contribution in [0.5, 0.6) is 0 Å². The van der Waals surface area contributed by atoms with Crippen LogP contribution in [0.1, 0.15) is 19.3 Å². The van der Waals surface area contributed by atoms with Gasteiger partial charge < -0.3 is 15.0 Å². The molecule has 1 aliphatic carbocycles. The summed E-state index contributed by atoms with van der Waals surface area (Å²) >= 11 is 5.92. The summed E-state index contributed by atoms with van der Waals surface area (Å²) in [6.45, 7) is 2.78. The van der Waals surface area contributed by atoms with E-state index in [1.807, 2.05) is 0 Å². The average Bonchev–Trinajstić information content (AvgIpc) is 2.57. The molecule has 26 heavy (non-hydrogen) atoms. The average molecular weight is 380 g/mol. The molecule has 1 N–H and O–H groups in total. The third-order valence-electron chi connectivity index (χ3n) is 5.11. The molecule has 1 saturated heterocycles. The Balaban J connectivity index is 1.54. The fourth-order valence-corrected chi connectivity index (χ4v) is 3.60. The van der Waals surface area contributed by atoms with Gasteiger partial charge in [-0.15, -0.1) is 0 Å². The number of carbonyl (C=O) groups excluding carboxylic acids is 2. The van der Waals surface area contributed by atoms with Crippen LogP contribution in [0, 0.1) is 5.92 Å². The monoisotopic (exact) mass is 379 g/mol. The number of nitrogens with zero attached hydrogens (tertiary/aromatic N) is 2. The molecule has 2 aliphatic rings. The second-order valence-corrected chi connectivity index (χ2v) is 7.57. The summed E-state index contributed by atoms with van der Waals surface area (Å²) in [5.41, 5.74) is 0.621. The number of carbonyl (C=O) groups is 2. The van der Waals surface area contributed by atoms with Gasteiger partial charge in [0.15, 0.2) is 0 Å². The SMILES string of the molecule is CN(CC(=O)Nc1cccc(Cl)c1)C(=O)[C@H]1COCCN1CC1CCC1. The topological polar surface area (TPSA) is 61.9 Å². The van der Waals surface area contributed by atoms with E-state index in [9.17, 15) is 9.59 Å². The lowest BCUT2D eigenvalue weighted by Gasteiger charge is -2.40. The Morgan fingerprint density at radius 1 is 1.38 bits per heavy atom. The zero-order chi connectivity index (χ0) is 18.5. The van der Waals surface area contributed by atoms with E-state index < -0.39 is 0 Å². The molecule has 3 rings (SSSR count). The molecular weight excluding hydrogens is 354 g/mol. The Labute approximate surface area is 159 Å². The minimum Gasteiger partial charge on any atom is -0.378 e. The summed E-state index contributed by atoms with van der Waals surface area (Å²) in [5, 5.41) is 3.32. The van der Waals surface area contributed by atoms with Crippen molar-refractivity contribution in [2.45, 2.75) is 25.3 Å². The van der Waals surface area contributed by atoms with Crippen LogP contribution in [0.4, 0.5) is 5.69 Å². The van der Waals surface area contributed by atoms with Crippen molar-refractivity contribution in [2.75, 3.05) is 45.2 Å². The quantitative estimate of drug-likeness (QED) is 0.823. The predicted octanol–water partition coefficient (Wildman–Crippen LogP) is 2.24. The molecule has 0 aromatic heterocycles. The molecule has 2 amide bonds. The van der Waals surface area contributed by atoms with E-state index in [-0.39, 0.29) is 24.4 Å². The Kier molecular flexibility index (Phi) is 6.51. The van der Waals surface area contributed by atoms with Crippen molar-refractivity contribution in [3.63, 3.8) is 0 Å². The second kappa shape index (κ2) is 8.84. The zero-order valence-electron chi connectivity index (χ0n) is 15.1. The van der Waals surface area contributed by atoms with E-state index in [2.05, 4.69) is 10.2 Å². The molecule has 1 aromatic rings. The van der Waals surface area contributed by atoms with E-state index >= 15 is 0 Å². The van der Waals surface area contributed by atoms with Crippen LogP contribution in [0.2, 0.25) is 5.02 Å². The Morgan fingerprint density at radius 3 is 2.88 bits per heavy atom. The molecule has 0 radical (unpaired) electrons.